The molecule has 136 valence electrons. The van der Waals surface area contributed by atoms with Gasteiger partial charge in [0.15, 0.2) is 0 Å². The molecule has 26 heavy (non-hydrogen) atoms. The summed E-state index contributed by atoms with van der Waals surface area (Å²) in [7, 11) is 0. The van der Waals surface area contributed by atoms with E-state index in [0.717, 1.165) is 21.5 Å². The van der Waals surface area contributed by atoms with Crippen molar-refractivity contribution in [1.82, 2.24) is 4.98 Å². The molecule has 2 heterocycles. The van der Waals surface area contributed by atoms with Gasteiger partial charge in [0.1, 0.15) is 11.0 Å². The molecule has 0 bridgehead atoms. The molecule has 0 saturated carbocycles. The number of carbonyl (C=O) groups is 2. The Morgan fingerprint density at radius 2 is 2.08 bits per heavy atom. The molecule has 0 spiro atoms. The van der Waals surface area contributed by atoms with Gasteiger partial charge in [-0.2, -0.15) is 0 Å². The van der Waals surface area contributed by atoms with E-state index in [9.17, 15) is 9.59 Å². The van der Waals surface area contributed by atoms with Crippen molar-refractivity contribution in [3.63, 3.8) is 0 Å². The molecule has 1 aromatic carbocycles. The second kappa shape index (κ2) is 8.46. The van der Waals surface area contributed by atoms with Gasteiger partial charge < -0.3 is 10.1 Å². The van der Waals surface area contributed by atoms with Crippen LogP contribution in [-0.2, 0) is 16.0 Å². The molecule has 6 nitrogen and oxygen atoms in total. The Morgan fingerprint density at radius 1 is 1.31 bits per heavy atom. The summed E-state index contributed by atoms with van der Waals surface area (Å²) in [6.45, 7) is 4.44. The van der Waals surface area contributed by atoms with Crippen LogP contribution in [0.25, 0.3) is 0 Å². The van der Waals surface area contributed by atoms with Gasteiger partial charge in [-0.25, -0.2) is 9.98 Å². The second-order valence-electron chi connectivity index (χ2n) is 5.72. The van der Waals surface area contributed by atoms with Crippen LogP contribution in [0.5, 0.6) is 5.75 Å². The highest BCUT2D eigenvalue weighted by atomic mass is 32.2. The molecule has 2 amide bonds. The molecule has 1 aliphatic heterocycles. The largest absolute Gasteiger partial charge is 0.494 e. The van der Waals surface area contributed by atoms with Crippen LogP contribution in [0.3, 0.4) is 0 Å². The summed E-state index contributed by atoms with van der Waals surface area (Å²) in [5, 5.41) is 5.97. The van der Waals surface area contributed by atoms with E-state index in [0.29, 0.717) is 18.7 Å². The topological polar surface area (TPSA) is 80.7 Å². The van der Waals surface area contributed by atoms with Crippen LogP contribution in [0.4, 0.5) is 5.69 Å². The number of thiazole rings is 1. The fourth-order valence-electron chi connectivity index (χ4n) is 2.44. The third kappa shape index (κ3) is 4.92. The van der Waals surface area contributed by atoms with Crippen LogP contribution in [0, 0.1) is 6.92 Å². The van der Waals surface area contributed by atoms with Crippen LogP contribution in [-0.4, -0.2) is 33.7 Å². The van der Waals surface area contributed by atoms with E-state index >= 15 is 0 Å². The van der Waals surface area contributed by atoms with Crippen molar-refractivity contribution >= 4 is 45.6 Å². The van der Waals surface area contributed by atoms with Crippen LogP contribution in [0.1, 0.15) is 24.0 Å². The molecule has 2 aromatic rings. The number of rotatable bonds is 7. The highest BCUT2D eigenvalue weighted by molar-refractivity contribution is 8.15. The number of thioether (sulfide) groups is 1. The number of hydrogen-bond acceptors (Lipinski definition) is 6. The molecular weight excluding hydrogens is 370 g/mol. The Balaban J connectivity index is 1.51. The van der Waals surface area contributed by atoms with Gasteiger partial charge in [-0.1, -0.05) is 11.8 Å². The normalized spacial score (nSPS) is 16.5. The summed E-state index contributed by atoms with van der Waals surface area (Å²) in [4.78, 5) is 32.7. The monoisotopic (exact) mass is 389 g/mol. The molecule has 0 saturated heterocycles. The smallest absolute Gasteiger partial charge is 0.260 e. The van der Waals surface area contributed by atoms with Gasteiger partial charge in [0, 0.05) is 29.6 Å². The second-order valence-corrected chi connectivity index (χ2v) is 7.94. The Bertz CT molecular complexity index is 830. The lowest BCUT2D eigenvalue weighted by atomic mass is 10.2. The lowest BCUT2D eigenvalue weighted by Crippen LogP contribution is -2.21. The predicted molar refractivity (Wildman–Crippen MR) is 105 cm³/mol. The van der Waals surface area contributed by atoms with E-state index in [1.807, 2.05) is 19.2 Å². The average Bonchev–Trinajstić information content (AvgIpc) is 3.15. The summed E-state index contributed by atoms with van der Waals surface area (Å²) in [5.74, 6) is 0.296. The van der Waals surface area contributed by atoms with Gasteiger partial charge in [-0.3, -0.25) is 9.59 Å². The number of anilines is 1. The van der Waals surface area contributed by atoms with Crippen molar-refractivity contribution in [3.8, 4) is 5.75 Å². The molecule has 3 rings (SSSR count). The van der Waals surface area contributed by atoms with Crippen molar-refractivity contribution in [1.29, 1.82) is 0 Å². The number of aliphatic imine (C=N–C) groups is 1. The molecule has 0 radical (unpaired) electrons. The number of ether oxygens (including phenoxy) is 1. The van der Waals surface area contributed by atoms with E-state index in [1.165, 1.54) is 11.8 Å². The molecule has 0 unspecified atom stereocenters. The maximum absolute atomic E-state index is 12.2. The quantitative estimate of drug-likeness (QED) is 0.784. The van der Waals surface area contributed by atoms with Gasteiger partial charge in [-0.15, -0.1) is 11.3 Å². The summed E-state index contributed by atoms with van der Waals surface area (Å²) in [5.41, 5.74) is 1.64. The number of aromatic nitrogens is 1. The first-order valence-corrected chi connectivity index (χ1v) is 10.0. The first-order valence-electron chi connectivity index (χ1n) is 8.25. The van der Waals surface area contributed by atoms with Crippen LogP contribution < -0.4 is 10.1 Å². The predicted octanol–water partition coefficient (Wildman–Crippen LogP) is 3.46. The summed E-state index contributed by atoms with van der Waals surface area (Å²) >= 11 is 2.91. The highest BCUT2D eigenvalue weighted by Crippen LogP contribution is 2.28. The van der Waals surface area contributed by atoms with E-state index in [4.69, 9.17) is 4.74 Å². The van der Waals surface area contributed by atoms with Crippen LogP contribution in [0.2, 0.25) is 0 Å². The van der Waals surface area contributed by atoms with Gasteiger partial charge in [-0.05, 0) is 38.1 Å². The minimum Gasteiger partial charge on any atom is -0.494 e. The van der Waals surface area contributed by atoms with Gasteiger partial charge in [0.2, 0.25) is 5.91 Å². The molecular formula is C18H19N3O3S2. The fourth-order valence-corrected chi connectivity index (χ4v) is 4.39. The van der Waals surface area contributed by atoms with Crippen molar-refractivity contribution in [2.45, 2.75) is 31.9 Å². The Morgan fingerprint density at radius 3 is 2.73 bits per heavy atom. The minimum atomic E-state index is -0.464. The van der Waals surface area contributed by atoms with Gasteiger partial charge in [0.05, 0.1) is 16.7 Å². The molecule has 1 atom stereocenters. The Hall–Kier alpha value is -2.19. The van der Waals surface area contributed by atoms with E-state index in [1.54, 1.807) is 35.6 Å². The lowest BCUT2D eigenvalue weighted by Gasteiger charge is -2.09. The zero-order chi connectivity index (χ0) is 18.5. The standard InChI is InChI=1S/C18H19N3O3S2/c1-3-24-13-6-4-12(5-7-13)20-15(22)8-14-18(23)21-17(26-14)9-16-19-11(2)10-25-16/h4-7,10,14H,3,8-9H2,1-2H3,(H,20,22)/t14-/m0/s1. The van der Waals surface area contributed by atoms with Crippen molar-refractivity contribution in [2.75, 3.05) is 11.9 Å². The molecule has 1 aromatic heterocycles. The Kier molecular flexibility index (Phi) is 6.05. The first-order chi connectivity index (χ1) is 12.5. The van der Waals surface area contributed by atoms with E-state index in [2.05, 4.69) is 15.3 Å². The number of amides is 2. The maximum Gasteiger partial charge on any atom is 0.260 e. The Labute approximate surface area is 160 Å². The number of hydrogen-bond donors (Lipinski definition) is 1. The van der Waals surface area contributed by atoms with E-state index < -0.39 is 5.25 Å². The molecule has 1 N–H and O–H groups in total. The third-order valence-electron chi connectivity index (χ3n) is 3.58. The van der Waals surface area contributed by atoms with Crippen LogP contribution in [0.15, 0.2) is 34.6 Å². The van der Waals surface area contributed by atoms with Gasteiger partial charge in [0.25, 0.3) is 5.91 Å². The zero-order valence-corrected chi connectivity index (χ0v) is 16.2. The van der Waals surface area contributed by atoms with Crippen molar-refractivity contribution in [3.05, 3.63) is 40.3 Å². The molecule has 0 fully saturated rings. The number of carbonyl (C=O) groups excluding carboxylic acids is 2. The van der Waals surface area contributed by atoms with Gasteiger partial charge >= 0.3 is 0 Å². The lowest BCUT2D eigenvalue weighted by molar-refractivity contribution is -0.121. The summed E-state index contributed by atoms with van der Waals surface area (Å²) in [6, 6.07) is 7.15. The number of aryl methyl sites for hydroxylation is 1. The summed E-state index contributed by atoms with van der Waals surface area (Å²) in [6.07, 6.45) is 0.645. The van der Waals surface area contributed by atoms with Crippen molar-refractivity contribution in [2.24, 2.45) is 4.99 Å². The average molecular weight is 390 g/mol. The van der Waals surface area contributed by atoms with Crippen LogP contribution >= 0.6 is 23.1 Å². The third-order valence-corrected chi connectivity index (χ3v) is 5.70. The van der Waals surface area contributed by atoms with E-state index in [-0.39, 0.29) is 18.2 Å². The molecule has 1 aliphatic rings. The van der Waals surface area contributed by atoms with Crippen molar-refractivity contribution < 1.29 is 14.3 Å². The molecule has 8 heteroatoms. The maximum atomic E-state index is 12.2. The molecule has 0 aliphatic carbocycles. The SMILES string of the molecule is CCOc1ccc(NC(=O)C[C@@H]2SC(Cc3nc(C)cs3)=NC2=O)cc1. The first kappa shape index (κ1) is 18.6. The number of nitrogens with one attached hydrogen (secondary N) is 1. The minimum absolute atomic E-state index is 0.0978. The number of benzene rings is 1. The summed E-state index contributed by atoms with van der Waals surface area (Å²) < 4.78 is 5.37. The number of nitrogens with zero attached hydrogens (tertiary/aromatic N) is 2. The zero-order valence-electron chi connectivity index (χ0n) is 14.5. The highest BCUT2D eigenvalue weighted by Gasteiger charge is 2.30. The fraction of sp³-hybridized carbons (Fsp3) is 0.333.